The van der Waals surface area contributed by atoms with E-state index in [1.54, 1.807) is 6.20 Å². The Labute approximate surface area is 173 Å². The molecule has 0 radical (unpaired) electrons. The molecule has 0 spiro atoms. The normalized spacial score (nSPS) is 22.2. The van der Waals surface area contributed by atoms with Crippen LogP contribution in [0.5, 0.6) is 0 Å². The summed E-state index contributed by atoms with van der Waals surface area (Å²) in [6.45, 7) is 2.36. The third-order valence-electron chi connectivity index (χ3n) is 5.61. The van der Waals surface area contributed by atoms with Gasteiger partial charge < -0.3 is 15.1 Å². The largest absolute Gasteiger partial charge is 0.348 e. The van der Waals surface area contributed by atoms with Gasteiger partial charge in [0.15, 0.2) is 0 Å². The monoisotopic (exact) mass is 419 g/mol. The third kappa shape index (κ3) is 4.28. The first-order valence-electron chi connectivity index (χ1n) is 9.65. The number of hydrogen-bond donors (Lipinski definition) is 2. The topological polar surface area (TPSA) is 81.3 Å². The van der Waals surface area contributed by atoms with Gasteiger partial charge in [-0.25, -0.2) is 4.39 Å². The summed E-state index contributed by atoms with van der Waals surface area (Å²) in [6, 6.07) is 3.76. The average molecular weight is 420 g/mol. The van der Waals surface area contributed by atoms with E-state index in [1.165, 1.54) is 18.2 Å². The van der Waals surface area contributed by atoms with Crippen LogP contribution in [0.4, 0.5) is 4.39 Å². The van der Waals surface area contributed by atoms with Gasteiger partial charge in [0.05, 0.1) is 29.9 Å². The van der Waals surface area contributed by atoms with E-state index in [-0.39, 0.29) is 23.4 Å². The fraction of sp³-hybridized carbons (Fsp3) is 0.450. The lowest BCUT2D eigenvalue weighted by Gasteiger charge is -2.24. The van der Waals surface area contributed by atoms with Crippen molar-refractivity contribution in [3.63, 3.8) is 0 Å². The quantitative estimate of drug-likeness (QED) is 0.799. The SMILES string of the molecule is CN1C[C@@H](NC(=O)c2cc(Cl)ccc2F)CC[C@@H](C(=O)N2Cc3cn[nH]c3C2)C1. The number of aromatic amines is 1. The lowest BCUT2D eigenvalue weighted by molar-refractivity contribution is -0.136. The van der Waals surface area contributed by atoms with Crippen LogP contribution in [0.3, 0.4) is 0 Å². The summed E-state index contributed by atoms with van der Waals surface area (Å²) in [4.78, 5) is 29.4. The van der Waals surface area contributed by atoms with Crippen LogP contribution in [0.15, 0.2) is 24.4 Å². The van der Waals surface area contributed by atoms with E-state index >= 15 is 0 Å². The van der Waals surface area contributed by atoms with Crippen LogP contribution >= 0.6 is 11.6 Å². The van der Waals surface area contributed by atoms with E-state index in [0.717, 1.165) is 11.3 Å². The number of carbonyl (C=O) groups is 2. The van der Waals surface area contributed by atoms with Gasteiger partial charge in [-0.15, -0.1) is 0 Å². The van der Waals surface area contributed by atoms with Gasteiger partial charge in [-0.2, -0.15) is 5.10 Å². The number of likely N-dealkylation sites (N-methyl/N-ethyl adjacent to an activating group) is 1. The van der Waals surface area contributed by atoms with E-state index in [0.29, 0.717) is 44.0 Å². The first-order chi connectivity index (χ1) is 13.9. The predicted molar refractivity (Wildman–Crippen MR) is 106 cm³/mol. The zero-order valence-electron chi connectivity index (χ0n) is 16.1. The van der Waals surface area contributed by atoms with Gasteiger partial charge in [0.2, 0.25) is 5.91 Å². The highest BCUT2D eigenvalue weighted by Gasteiger charge is 2.33. The predicted octanol–water partition coefficient (Wildman–Crippen LogP) is 2.18. The summed E-state index contributed by atoms with van der Waals surface area (Å²) < 4.78 is 14.0. The molecule has 154 valence electrons. The molecule has 29 heavy (non-hydrogen) atoms. The second kappa shape index (κ2) is 8.12. The average Bonchev–Trinajstić information content (AvgIpc) is 3.23. The number of aromatic nitrogens is 2. The maximum Gasteiger partial charge on any atom is 0.254 e. The number of halogens is 2. The number of likely N-dealkylation sites (tertiary alicyclic amines) is 1. The molecule has 1 aromatic heterocycles. The van der Waals surface area contributed by atoms with E-state index in [9.17, 15) is 14.0 Å². The van der Waals surface area contributed by atoms with Crippen molar-refractivity contribution in [3.8, 4) is 0 Å². The molecule has 0 unspecified atom stereocenters. The number of nitrogens with one attached hydrogen (secondary N) is 2. The maximum atomic E-state index is 14.0. The lowest BCUT2D eigenvalue weighted by atomic mass is 10.00. The second-order valence-corrected chi connectivity index (χ2v) is 8.29. The molecule has 1 aromatic carbocycles. The summed E-state index contributed by atoms with van der Waals surface area (Å²) in [5.41, 5.74) is 1.99. The number of carbonyl (C=O) groups excluding carboxylic acids is 2. The van der Waals surface area contributed by atoms with Crippen molar-refractivity contribution < 1.29 is 14.0 Å². The molecule has 0 saturated carbocycles. The molecule has 2 N–H and O–H groups in total. The molecular formula is C20H23ClFN5O2. The molecule has 1 fully saturated rings. The number of nitrogens with zero attached hydrogens (tertiary/aromatic N) is 3. The van der Waals surface area contributed by atoms with Crippen LogP contribution in [0.1, 0.15) is 34.5 Å². The van der Waals surface area contributed by atoms with Crippen molar-refractivity contribution in [1.29, 1.82) is 0 Å². The van der Waals surface area contributed by atoms with Crippen molar-refractivity contribution in [3.05, 3.63) is 52.1 Å². The first-order valence-corrected chi connectivity index (χ1v) is 10.0. The minimum Gasteiger partial charge on any atom is -0.348 e. The molecule has 0 bridgehead atoms. The van der Waals surface area contributed by atoms with Crippen LogP contribution < -0.4 is 5.32 Å². The Morgan fingerprint density at radius 3 is 2.90 bits per heavy atom. The van der Waals surface area contributed by atoms with Gasteiger partial charge in [0, 0.05) is 36.3 Å². The summed E-state index contributed by atoms with van der Waals surface area (Å²) in [6.07, 6.45) is 3.08. The second-order valence-electron chi connectivity index (χ2n) is 7.86. The van der Waals surface area contributed by atoms with Crippen LogP contribution in [0, 0.1) is 11.7 Å². The smallest absolute Gasteiger partial charge is 0.254 e. The fourth-order valence-electron chi connectivity index (χ4n) is 4.14. The van der Waals surface area contributed by atoms with E-state index in [2.05, 4.69) is 15.5 Å². The molecule has 2 amide bonds. The molecule has 4 rings (SSSR count). The van der Waals surface area contributed by atoms with Crippen LogP contribution in [0.25, 0.3) is 0 Å². The Kier molecular flexibility index (Phi) is 5.56. The van der Waals surface area contributed by atoms with Crippen LogP contribution in [-0.2, 0) is 17.9 Å². The Hall–Kier alpha value is -2.45. The minimum absolute atomic E-state index is 0.0659. The Balaban J connectivity index is 1.38. The molecule has 1 saturated heterocycles. The van der Waals surface area contributed by atoms with E-state index in [4.69, 9.17) is 11.6 Å². The molecular weight excluding hydrogens is 397 g/mol. The van der Waals surface area contributed by atoms with Gasteiger partial charge in [-0.3, -0.25) is 14.7 Å². The summed E-state index contributed by atoms with van der Waals surface area (Å²) in [7, 11) is 1.93. The number of H-pyrrole nitrogens is 1. The zero-order valence-corrected chi connectivity index (χ0v) is 16.9. The molecule has 7 nitrogen and oxygen atoms in total. The summed E-state index contributed by atoms with van der Waals surface area (Å²) in [5.74, 6) is -1.11. The Bertz CT molecular complexity index is 913. The van der Waals surface area contributed by atoms with Gasteiger partial charge in [-0.05, 0) is 38.1 Å². The molecule has 2 aromatic rings. The van der Waals surface area contributed by atoms with Crippen molar-refractivity contribution >= 4 is 23.4 Å². The Morgan fingerprint density at radius 2 is 2.10 bits per heavy atom. The number of amides is 2. The highest BCUT2D eigenvalue weighted by atomic mass is 35.5. The van der Waals surface area contributed by atoms with Gasteiger partial charge >= 0.3 is 0 Å². The highest BCUT2D eigenvalue weighted by Crippen LogP contribution is 2.25. The third-order valence-corrected chi connectivity index (χ3v) is 5.85. The molecule has 2 atom stereocenters. The molecule has 9 heteroatoms. The lowest BCUT2D eigenvalue weighted by Crippen LogP contribution is -2.42. The van der Waals surface area contributed by atoms with E-state index < -0.39 is 11.7 Å². The fourth-order valence-corrected chi connectivity index (χ4v) is 4.32. The minimum atomic E-state index is -0.603. The molecule has 2 aliphatic heterocycles. The summed E-state index contributed by atoms with van der Waals surface area (Å²) >= 11 is 5.89. The molecule has 2 aliphatic rings. The van der Waals surface area contributed by atoms with Crippen molar-refractivity contribution in [1.82, 2.24) is 25.3 Å². The number of benzene rings is 1. The number of rotatable bonds is 3. The number of fused-ring (bicyclic) bond motifs is 1. The van der Waals surface area contributed by atoms with Crippen LogP contribution in [0.2, 0.25) is 5.02 Å². The first kappa shape index (κ1) is 19.8. The maximum absolute atomic E-state index is 14.0. The number of hydrogen-bond acceptors (Lipinski definition) is 4. The van der Waals surface area contributed by atoms with Gasteiger partial charge in [0.1, 0.15) is 5.82 Å². The summed E-state index contributed by atoms with van der Waals surface area (Å²) in [5, 5.41) is 10.1. The highest BCUT2D eigenvalue weighted by molar-refractivity contribution is 6.31. The van der Waals surface area contributed by atoms with Crippen molar-refractivity contribution in [2.24, 2.45) is 5.92 Å². The van der Waals surface area contributed by atoms with E-state index in [1.807, 2.05) is 16.8 Å². The molecule has 0 aliphatic carbocycles. The van der Waals surface area contributed by atoms with Gasteiger partial charge in [0.25, 0.3) is 5.91 Å². The standard InChI is InChI=1S/C20H23ClFN5O2/c1-26-8-12(20(29)27-9-13-7-23-25-18(13)11-27)2-4-15(10-26)24-19(28)16-6-14(21)3-5-17(16)22/h3,5-7,12,15H,2,4,8-11H2,1H3,(H,23,25)(H,24,28)/t12-,15+/m1/s1. The van der Waals surface area contributed by atoms with Crippen molar-refractivity contribution in [2.75, 3.05) is 20.1 Å². The Morgan fingerprint density at radius 1 is 1.28 bits per heavy atom. The van der Waals surface area contributed by atoms with Crippen molar-refractivity contribution in [2.45, 2.75) is 32.0 Å². The molecule has 3 heterocycles. The zero-order chi connectivity index (χ0) is 20.5. The van der Waals surface area contributed by atoms with Crippen LogP contribution in [-0.4, -0.2) is 58.0 Å². The van der Waals surface area contributed by atoms with Gasteiger partial charge in [-0.1, -0.05) is 11.6 Å².